The number of halogens is 2. The number of benzene rings is 3. The third-order valence-corrected chi connectivity index (χ3v) is 4.72. The van der Waals surface area contributed by atoms with Gasteiger partial charge < -0.3 is 9.57 Å². The fourth-order valence-electron chi connectivity index (χ4n) is 2.59. The summed E-state index contributed by atoms with van der Waals surface area (Å²) in [6, 6.07) is 20.8. The highest BCUT2D eigenvalue weighted by molar-refractivity contribution is 6.37. The monoisotopic (exact) mass is 424 g/mol. The minimum atomic E-state index is 0.194. The van der Waals surface area contributed by atoms with Crippen LogP contribution in [-0.4, -0.2) is 6.21 Å². The zero-order valence-electron chi connectivity index (χ0n) is 15.7. The molecule has 29 heavy (non-hydrogen) atoms. The van der Waals surface area contributed by atoms with Gasteiger partial charge in [-0.2, -0.15) is 5.26 Å². The molecule has 0 N–H and O–H groups in total. The second kappa shape index (κ2) is 9.97. The van der Waals surface area contributed by atoms with Gasteiger partial charge in [0.05, 0.1) is 27.9 Å². The molecule has 0 aliphatic rings. The second-order valence-corrected chi connectivity index (χ2v) is 7.18. The lowest BCUT2D eigenvalue weighted by atomic mass is 10.1. The molecule has 3 aromatic rings. The van der Waals surface area contributed by atoms with Gasteiger partial charge in [-0.05, 0) is 36.2 Å². The van der Waals surface area contributed by atoms with Crippen LogP contribution in [-0.2, 0) is 18.1 Å². The molecule has 0 aromatic heterocycles. The van der Waals surface area contributed by atoms with Crippen LogP contribution in [0.5, 0.6) is 5.75 Å². The number of aryl methyl sites for hydroxylation is 1. The van der Waals surface area contributed by atoms with Crippen LogP contribution in [0.4, 0.5) is 0 Å². The molecule has 6 heteroatoms. The van der Waals surface area contributed by atoms with Crippen LogP contribution in [0.25, 0.3) is 0 Å². The maximum Gasteiger partial charge on any atom is 0.157 e. The molecule has 0 radical (unpaired) electrons. The molecule has 4 nitrogen and oxygen atoms in total. The van der Waals surface area contributed by atoms with Gasteiger partial charge in [-0.15, -0.1) is 0 Å². The Morgan fingerprint density at radius 2 is 1.69 bits per heavy atom. The SMILES string of the molecule is Cc1ccc(COc2c(Cl)cc(/C=N\OCc3ccccc3C#N)cc2Cl)cc1. The summed E-state index contributed by atoms with van der Waals surface area (Å²) in [5.41, 5.74) is 4.22. The first-order chi connectivity index (χ1) is 14.1. The summed E-state index contributed by atoms with van der Waals surface area (Å²) >= 11 is 12.7. The van der Waals surface area contributed by atoms with Crippen molar-refractivity contribution >= 4 is 29.4 Å². The van der Waals surface area contributed by atoms with Gasteiger partial charge in [0.1, 0.15) is 13.2 Å². The summed E-state index contributed by atoms with van der Waals surface area (Å²) in [7, 11) is 0. The smallest absolute Gasteiger partial charge is 0.157 e. The number of oxime groups is 1. The van der Waals surface area contributed by atoms with E-state index in [1.807, 2.05) is 43.3 Å². The van der Waals surface area contributed by atoms with Crippen molar-refractivity contribution in [2.75, 3.05) is 0 Å². The molecule has 0 bridgehead atoms. The van der Waals surface area contributed by atoms with E-state index in [0.29, 0.717) is 33.5 Å². The third-order valence-electron chi connectivity index (χ3n) is 4.16. The Morgan fingerprint density at radius 3 is 2.38 bits per heavy atom. The predicted molar refractivity (Wildman–Crippen MR) is 116 cm³/mol. The van der Waals surface area contributed by atoms with Crippen molar-refractivity contribution in [2.45, 2.75) is 20.1 Å². The molecule has 0 aliphatic carbocycles. The average Bonchev–Trinajstić information content (AvgIpc) is 2.72. The zero-order chi connectivity index (χ0) is 20.6. The van der Waals surface area contributed by atoms with E-state index in [2.05, 4.69) is 11.2 Å². The first-order valence-electron chi connectivity index (χ1n) is 8.87. The molecule has 0 atom stereocenters. The van der Waals surface area contributed by atoms with Crippen molar-refractivity contribution in [1.29, 1.82) is 5.26 Å². The minimum Gasteiger partial charge on any atom is -0.486 e. The van der Waals surface area contributed by atoms with Crippen molar-refractivity contribution < 1.29 is 9.57 Å². The predicted octanol–water partition coefficient (Wildman–Crippen LogP) is 6.30. The van der Waals surface area contributed by atoms with Gasteiger partial charge in [0.2, 0.25) is 0 Å². The van der Waals surface area contributed by atoms with Crippen molar-refractivity contribution in [2.24, 2.45) is 5.16 Å². The zero-order valence-corrected chi connectivity index (χ0v) is 17.2. The van der Waals surface area contributed by atoms with E-state index >= 15 is 0 Å². The topological polar surface area (TPSA) is 54.6 Å². The first-order valence-corrected chi connectivity index (χ1v) is 9.63. The van der Waals surface area contributed by atoms with E-state index in [-0.39, 0.29) is 6.61 Å². The Kier molecular flexibility index (Phi) is 7.13. The number of ether oxygens (including phenoxy) is 1. The fourth-order valence-corrected chi connectivity index (χ4v) is 3.20. The molecule has 0 saturated heterocycles. The lowest BCUT2D eigenvalue weighted by Crippen LogP contribution is -1.98. The van der Waals surface area contributed by atoms with E-state index in [9.17, 15) is 0 Å². The van der Waals surface area contributed by atoms with Gasteiger partial charge in [-0.1, -0.05) is 76.4 Å². The van der Waals surface area contributed by atoms with Crippen LogP contribution < -0.4 is 4.74 Å². The van der Waals surface area contributed by atoms with Gasteiger partial charge in [-0.25, -0.2) is 0 Å². The highest BCUT2D eigenvalue weighted by Crippen LogP contribution is 2.34. The molecule has 3 aromatic carbocycles. The van der Waals surface area contributed by atoms with Gasteiger partial charge in [0.15, 0.2) is 5.75 Å². The van der Waals surface area contributed by atoms with Crippen LogP contribution in [0.1, 0.15) is 27.8 Å². The Hall–Kier alpha value is -3.00. The lowest BCUT2D eigenvalue weighted by molar-refractivity contribution is 0.132. The molecule has 3 rings (SSSR count). The lowest BCUT2D eigenvalue weighted by Gasteiger charge is -2.11. The Balaban J connectivity index is 1.61. The largest absolute Gasteiger partial charge is 0.486 e. The maximum absolute atomic E-state index is 9.08. The molecule has 0 spiro atoms. The molecule has 0 aliphatic heterocycles. The van der Waals surface area contributed by atoms with Crippen LogP contribution in [0.3, 0.4) is 0 Å². The minimum absolute atomic E-state index is 0.194. The van der Waals surface area contributed by atoms with E-state index < -0.39 is 0 Å². The molecular weight excluding hydrogens is 407 g/mol. The van der Waals surface area contributed by atoms with Gasteiger partial charge in [-0.3, -0.25) is 0 Å². The summed E-state index contributed by atoms with van der Waals surface area (Å²) in [6.45, 7) is 2.60. The number of nitriles is 1. The van der Waals surface area contributed by atoms with E-state index in [1.54, 1.807) is 24.3 Å². The fraction of sp³-hybridized carbons (Fsp3) is 0.130. The highest BCUT2D eigenvalue weighted by Gasteiger charge is 2.10. The summed E-state index contributed by atoms with van der Waals surface area (Å²) in [6.07, 6.45) is 1.51. The normalized spacial score (nSPS) is 10.7. The van der Waals surface area contributed by atoms with E-state index in [0.717, 1.165) is 11.1 Å². The first kappa shape index (κ1) is 20.7. The molecule has 0 heterocycles. The molecular formula is C23H18Cl2N2O2. The van der Waals surface area contributed by atoms with Crippen LogP contribution in [0.2, 0.25) is 10.0 Å². The molecule has 0 amide bonds. The summed E-state index contributed by atoms with van der Waals surface area (Å²) in [5.74, 6) is 0.426. The number of hydrogen-bond donors (Lipinski definition) is 0. The average molecular weight is 425 g/mol. The molecule has 146 valence electrons. The Morgan fingerprint density at radius 1 is 1.00 bits per heavy atom. The van der Waals surface area contributed by atoms with Gasteiger partial charge >= 0.3 is 0 Å². The van der Waals surface area contributed by atoms with Crippen molar-refractivity contribution in [3.8, 4) is 11.8 Å². The quantitative estimate of drug-likeness (QED) is 0.330. The van der Waals surface area contributed by atoms with E-state index in [4.69, 9.17) is 38.0 Å². The highest BCUT2D eigenvalue weighted by atomic mass is 35.5. The number of rotatable bonds is 7. The Labute approximate surface area is 179 Å². The summed E-state index contributed by atoms with van der Waals surface area (Å²) in [4.78, 5) is 5.29. The molecule has 0 saturated carbocycles. The number of hydrogen-bond acceptors (Lipinski definition) is 4. The van der Waals surface area contributed by atoms with Crippen LogP contribution in [0, 0.1) is 18.3 Å². The maximum atomic E-state index is 9.08. The van der Waals surface area contributed by atoms with Crippen molar-refractivity contribution in [3.05, 3.63) is 98.5 Å². The van der Waals surface area contributed by atoms with Crippen LogP contribution in [0.15, 0.2) is 65.8 Å². The van der Waals surface area contributed by atoms with Crippen molar-refractivity contribution in [3.63, 3.8) is 0 Å². The number of nitrogens with zero attached hydrogens (tertiary/aromatic N) is 2. The van der Waals surface area contributed by atoms with Crippen molar-refractivity contribution in [1.82, 2.24) is 0 Å². The van der Waals surface area contributed by atoms with E-state index in [1.165, 1.54) is 11.8 Å². The van der Waals surface area contributed by atoms with Gasteiger partial charge in [0.25, 0.3) is 0 Å². The second-order valence-electron chi connectivity index (χ2n) is 6.36. The molecule has 0 unspecified atom stereocenters. The van der Waals surface area contributed by atoms with Crippen LogP contribution >= 0.6 is 23.2 Å². The summed E-state index contributed by atoms with van der Waals surface area (Å²) in [5, 5.41) is 13.8. The summed E-state index contributed by atoms with van der Waals surface area (Å²) < 4.78 is 5.79. The van der Waals surface area contributed by atoms with Gasteiger partial charge in [0, 0.05) is 5.56 Å². The standard InChI is InChI=1S/C23H18Cl2N2O2/c1-16-6-8-17(9-7-16)14-28-23-21(24)10-18(11-22(23)25)13-27-29-15-20-5-3-2-4-19(20)12-26/h2-11,13H,14-15H2,1H3/b27-13-. The third kappa shape index (κ3) is 5.74. The Bertz CT molecular complexity index is 1030. The molecule has 0 fully saturated rings.